The minimum atomic E-state index is 0.590. The van der Waals surface area contributed by atoms with Crippen LogP contribution in [0.25, 0.3) is 11.4 Å². The lowest BCUT2D eigenvalue weighted by Crippen LogP contribution is -1.95. The average Bonchev–Trinajstić information content (AvgIpc) is 3.12. The van der Waals surface area contributed by atoms with Gasteiger partial charge in [-0.3, -0.25) is 0 Å². The van der Waals surface area contributed by atoms with Crippen molar-refractivity contribution in [2.45, 2.75) is 31.2 Å². The molecule has 0 saturated carbocycles. The van der Waals surface area contributed by atoms with E-state index in [4.69, 9.17) is 4.42 Å². The maximum absolute atomic E-state index is 5.50. The van der Waals surface area contributed by atoms with Crippen molar-refractivity contribution in [3.63, 3.8) is 0 Å². The number of thioether (sulfide) groups is 1. The highest BCUT2D eigenvalue weighted by Crippen LogP contribution is 2.25. The Hall–Kier alpha value is -2.15. The van der Waals surface area contributed by atoms with E-state index in [-0.39, 0.29) is 0 Å². The van der Waals surface area contributed by atoms with E-state index in [2.05, 4.69) is 39.5 Å². The summed E-state index contributed by atoms with van der Waals surface area (Å²) in [5, 5.41) is 17.3. The van der Waals surface area contributed by atoms with Gasteiger partial charge in [0.2, 0.25) is 11.8 Å². The molecule has 0 fully saturated rings. The van der Waals surface area contributed by atoms with Crippen molar-refractivity contribution in [1.29, 1.82) is 0 Å². The second-order valence-electron chi connectivity index (χ2n) is 4.97. The van der Waals surface area contributed by atoms with Crippen LogP contribution in [-0.4, -0.2) is 25.0 Å². The SMILES string of the molecule is CCc1nnc(CSc2nnc(-c3cccc(C)c3)n2C)o1. The summed E-state index contributed by atoms with van der Waals surface area (Å²) in [4.78, 5) is 0. The fraction of sp³-hybridized carbons (Fsp3) is 0.333. The molecule has 0 radical (unpaired) electrons. The van der Waals surface area contributed by atoms with Crippen molar-refractivity contribution in [3.05, 3.63) is 41.6 Å². The molecule has 2 aromatic heterocycles. The molecule has 22 heavy (non-hydrogen) atoms. The molecule has 114 valence electrons. The molecule has 3 aromatic rings. The first kappa shape index (κ1) is 14.8. The Bertz CT molecular complexity index is 780. The summed E-state index contributed by atoms with van der Waals surface area (Å²) in [5.74, 6) is 2.72. The predicted molar refractivity (Wildman–Crippen MR) is 84.4 cm³/mol. The van der Waals surface area contributed by atoms with E-state index >= 15 is 0 Å². The first-order valence-electron chi connectivity index (χ1n) is 7.08. The van der Waals surface area contributed by atoms with Crippen molar-refractivity contribution in [1.82, 2.24) is 25.0 Å². The maximum atomic E-state index is 5.50. The molecule has 0 N–H and O–H groups in total. The molecule has 0 atom stereocenters. The van der Waals surface area contributed by atoms with Gasteiger partial charge in [0.05, 0.1) is 5.75 Å². The first-order valence-corrected chi connectivity index (χ1v) is 8.06. The van der Waals surface area contributed by atoms with Gasteiger partial charge in [-0.25, -0.2) is 0 Å². The van der Waals surface area contributed by atoms with Crippen molar-refractivity contribution < 1.29 is 4.42 Å². The zero-order valence-corrected chi connectivity index (χ0v) is 13.6. The summed E-state index contributed by atoms with van der Waals surface area (Å²) in [6.45, 7) is 4.05. The monoisotopic (exact) mass is 315 g/mol. The van der Waals surface area contributed by atoms with Crippen molar-refractivity contribution in [2.75, 3.05) is 0 Å². The van der Waals surface area contributed by atoms with E-state index in [9.17, 15) is 0 Å². The van der Waals surface area contributed by atoms with Gasteiger partial charge in [-0.15, -0.1) is 20.4 Å². The second kappa shape index (κ2) is 6.31. The van der Waals surface area contributed by atoms with Crippen LogP contribution < -0.4 is 0 Å². The molecule has 0 amide bonds. The third-order valence-corrected chi connectivity index (χ3v) is 4.25. The molecule has 0 bridgehead atoms. The van der Waals surface area contributed by atoms with E-state index in [0.29, 0.717) is 17.5 Å². The van der Waals surface area contributed by atoms with Crippen LogP contribution in [-0.2, 0) is 19.2 Å². The van der Waals surface area contributed by atoms with Gasteiger partial charge < -0.3 is 8.98 Å². The van der Waals surface area contributed by atoms with Crippen LogP contribution in [0.4, 0.5) is 0 Å². The molecule has 0 saturated heterocycles. The Morgan fingerprint density at radius 3 is 2.68 bits per heavy atom. The number of nitrogens with zero attached hydrogens (tertiary/aromatic N) is 5. The normalized spacial score (nSPS) is 11.0. The van der Waals surface area contributed by atoms with E-state index in [0.717, 1.165) is 23.0 Å². The minimum absolute atomic E-state index is 0.590. The summed E-state index contributed by atoms with van der Waals surface area (Å²) in [6, 6.07) is 8.23. The summed E-state index contributed by atoms with van der Waals surface area (Å²) in [7, 11) is 1.96. The molecular formula is C15H17N5OS. The van der Waals surface area contributed by atoms with E-state index < -0.39 is 0 Å². The highest BCUT2D eigenvalue weighted by atomic mass is 32.2. The molecule has 7 heteroatoms. The topological polar surface area (TPSA) is 69.6 Å². The molecule has 1 aromatic carbocycles. The van der Waals surface area contributed by atoms with Crippen molar-refractivity contribution in [3.8, 4) is 11.4 Å². The quantitative estimate of drug-likeness (QED) is 0.674. The Morgan fingerprint density at radius 2 is 1.95 bits per heavy atom. The standard InChI is InChI=1S/C15H17N5OS/c1-4-12-16-17-13(21-12)9-22-15-19-18-14(20(15)3)11-7-5-6-10(2)8-11/h5-8H,4,9H2,1-3H3. The van der Waals surface area contributed by atoms with E-state index in [1.54, 1.807) is 0 Å². The molecule has 0 unspecified atom stereocenters. The van der Waals surface area contributed by atoms with Gasteiger partial charge in [0.15, 0.2) is 11.0 Å². The molecule has 0 aliphatic carbocycles. The van der Waals surface area contributed by atoms with Crippen LogP contribution >= 0.6 is 11.8 Å². The summed E-state index contributed by atoms with van der Waals surface area (Å²) < 4.78 is 7.48. The number of hydrogen-bond acceptors (Lipinski definition) is 6. The Kier molecular flexibility index (Phi) is 4.24. The lowest BCUT2D eigenvalue weighted by molar-refractivity contribution is 0.469. The largest absolute Gasteiger partial charge is 0.424 e. The van der Waals surface area contributed by atoms with Gasteiger partial charge in [0.25, 0.3) is 0 Å². The number of aryl methyl sites for hydroxylation is 2. The Balaban J connectivity index is 1.76. The van der Waals surface area contributed by atoms with Crippen LogP contribution in [0.3, 0.4) is 0 Å². The summed E-state index contributed by atoms with van der Waals surface area (Å²) in [5.41, 5.74) is 2.26. The van der Waals surface area contributed by atoms with Crippen LogP contribution in [0.1, 0.15) is 24.3 Å². The minimum Gasteiger partial charge on any atom is -0.424 e. The molecular weight excluding hydrogens is 298 g/mol. The summed E-state index contributed by atoms with van der Waals surface area (Å²) in [6.07, 6.45) is 0.749. The smallest absolute Gasteiger partial charge is 0.226 e. The highest BCUT2D eigenvalue weighted by molar-refractivity contribution is 7.98. The molecule has 0 spiro atoms. The Labute approximate surface area is 133 Å². The van der Waals surface area contributed by atoms with Crippen LogP contribution in [0.15, 0.2) is 33.8 Å². The molecule has 3 rings (SSSR count). The third-order valence-electron chi connectivity index (χ3n) is 3.25. The lowest BCUT2D eigenvalue weighted by atomic mass is 10.1. The molecule has 0 aliphatic heterocycles. The fourth-order valence-electron chi connectivity index (χ4n) is 2.09. The number of benzene rings is 1. The molecule has 0 aliphatic rings. The van der Waals surface area contributed by atoms with Gasteiger partial charge >= 0.3 is 0 Å². The number of hydrogen-bond donors (Lipinski definition) is 0. The van der Waals surface area contributed by atoms with E-state index in [1.807, 2.05) is 30.7 Å². The van der Waals surface area contributed by atoms with Crippen LogP contribution in [0, 0.1) is 6.92 Å². The summed E-state index contributed by atoms with van der Waals surface area (Å²) >= 11 is 1.54. The fourth-order valence-corrected chi connectivity index (χ4v) is 2.84. The van der Waals surface area contributed by atoms with E-state index in [1.165, 1.54) is 17.3 Å². The van der Waals surface area contributed by atoms with Crippen LogP contribution in [0.5, 0.6) is 0 Å². The van der Waals surface area contributed by atoms with Gasteiger partial charge in [-0.05, 0) is 13.0 Å². The first-order chi connectivity index (χ1) is 10.7. The highest BCUT2D eigenvalue weighted by Gasteiger charge is 2.13. The predicted octanol–water partition coefficient (Wildman–Crippen LogP) is 3.03. The van der Waals surface area contributed by atoms with Crippen molar-refractivity contribution >= 4 is 11.8 Å². The lowest BCUT2D eigenvalue weighted by Gasteiger charge is -2.03. The zero-order chi connectivity index (χ0) is 15.5. The number of rotatable bonds is 5. The third kappa shape index (κ3) is 3.04. The zero-order valence-electron chi connectivity index (χ0n) is 12.8. The maximum Gasteiger partial charge on any atom is 0.226 e. The van der Waals surface area contributed by atoms with Crippen LogP contribution in [0.2, 0.25) is 0 Å². The van der Waals surface area contributed by atoms with Gasteiger partial charge in [-0.2, -0.15) is 0 Å². The van der Waals surface area contributed by atoms with Gasteiger partial charge in [-0.1, -0.05) is 42.4 Å². The van der Waals surface area contributed by atoms with Crippen molar-refractivity contribution in [2.24, 2.45) is 7.05 Å². The average molecular weight is 315 g/mol. The Morgan fingerprint density at radius 1 is 1.14 bits per heavy atom. The van der Waals surface area contributed by atoms with Gasteiger partial charge in [0, 0.05) is 19.0 Å². The number of aromatic nitrogens is 5. The molecule has 6 nitrogen and oxygen atoms in total. The van der Waals surface area contributed by atoms with Gasteiger partial charge in [0.1, 0.15) is 0 Å². The second-order valence-corrected chi connectivity index (χ2v) is 5.91. The molecule has 2 heterocycles.